The average molecular weight is 298 g/mol. The van der Waals surface area contributed by atoms with Crippen LogP contribution >= 0.6 is 0 Å². The van der Waals surface area contributed by atoms with Crippen LogP contribution in [0.5, 0.6) is 0 Å². The molecule has 1 saturated heterocycles. The van der Waals surface area contributed by atoms with Crippen molar-refractivity contribution in [3.8, 4) is 0 Å². The molecule has 5 heteroatoms. The van der Waals surface area contributed by atoms with Crippen molar-refractivity contribution in [2.24, 2.45) is 0 Å². The van der Waals surface area contributed by atoms with Crippen LogP contribution in [0.15, 0.2) is 18.2 Å². The van der Waals surface area contributed by atoms with Crippen molar-refractivity contribution in [1.29, 1.82) is 0 Å². The molecule has 0 aromatic heterocycles. The second-order valence-corrected chi connectivity index (χ2v) is 5.85. The summed E-state index contributed by atoms with van der Waals surface area (Å²) in [5.74, 6) is -1.06. The predicted octanol–water partition coefficient (Wildman–Crippen LogP) is 2.72. The minimum absolute atomic E-state index is 0.0522. The number of morpholine rings is 1. The van der Waals surface area contributed by atoms with Crippen molar-refractivity contribution in [2.45, 2.75) is 38.5 Å². The van der Waals surface area contributed by atoms with E-state index >= 15 is 0 Å². The first-order valence-electron chi connectivity index (χ1n) is 7.49. The quantitative estimate of drug-likeness (QED) is 0.904. The van der Waals surface area contributed by atoms with E-state index in [9.17, 15) is 8.78 Å². The fraction of sp³-hybridized carbons (Fsp3) is 0.625. The molecule has 3 unspecified atom stereocenters. The summed E-state index contributed by atoms with van der Waals surface area (Å²) in [4.78, 5) is 2.35. The lowest BCUT2D eigenvalue weighted by atomic mass is 10.0. The maximum absolute atomic E-state index is 13.3. The first kappa shape index (κ1) is 16.3. The highest BCUT2D eigenvalue weighted by atomic mass is 19.1. The third-order valence-electron chi connectivity index (χ3n) is 3.86. The minimum atomic E-state index is -0.529. The van der Waals surface area contributed by atoms with Gasteiger partial charge in [-0.1, -0.05) is 0 Å². The fourth-order valence-corrected chi connectivity index (χ4v) is 3.03. The Labute approximate surface area is 125 Å². The van der Waals surface area contributed by atoms with Gasteiger partial charge in [-0.05, 0) is 45.0 Å². The Balaban J connectivity index is 1.96. The van der Waals surface area contributed by atoms with Gasteiger partial charge in [0.05, 0.1) is 12.2 Å². The van der Waals surface area contributed by atoms with Gasteiger partial charge < -0.3 is 10.1 Å². The van der Waals surface area contributed by atoms with Crippen molar-refractivity contribution in [1.82, 2.24) is 10.2 Å². The topological polar surface area (TPSA) is 24.5 Å². The van der Waals surface area contributed by atoms with Gasteiger partial charge in [0, 0.05) is 31.7 Å². The molecular formula is C16H24F2N2O. The summed E-state index contributed by atoms with van der Waals surface area (Å²) in [5, 5.41) is 3.14. The minimum Gasteiger partial charge on any atom is -0.373 e. The van der Waals surface area contributed by atoms with Crippen LogP contribution in [-0.4, -0.2) is 43.8 Å². The molecule has 1 heterocycles. The molecule has 1 fully saturated rings. The van der Waals surface area contributed by atoms with Gasteiger partial charge in [0.15, 0.2) is 0 Å². The number of nitrogens with one attached hydrogen (secondary N) is 1. The lowest BCUT2D eigenvalue weighted by Gasteiger charge is -2.36. The molecule has 0 spiro atoms. The van der Waals surface area contributed by atoms with Gasteiger partial charge in [-0.3, -0.25) is 4.90 Å². The standard InChI is InChI=1S/C16H24F2N2O/c1-11-9-20(10-12(2)21-11)5-4-16(19-3)13-6-14(17)8-15(18)7-13/h6-8,11-12,16,19H,4-5,9-10H2,1-3H3. The normalized spacial score (nSPS) is 25.0. The van der Waals surface area contributed by atoms with Gasteiger partial charge in [-0.15, -0.1) is 0 Å². The maximum Gasteiger partial charge on any atom is 0.126 e. The van der Waals surface area contributed by atoms with E-state index < -0.39 is 11.6 Å². The molecule has 0 radical (unpaired) electrons. The Hall–Kier alpha value is -1.04. The molecule has 1 aliphatic heterocycles. The van der Waals surface area contributed by atoms with Crippen LogP contribution in [0.4, 0.5) is 8.78 Å². The van der Waals surface area contributed by atoms with E-state index in [-0.39, 0.29) is 18.2 Å². The van der Waals surface area contributed by atoms with E-state index in [1.54, 1.807) is 0 Å². The molecule has 0 amide bonds. The zero-order valence-corrected chi connectivity index (χ0v) is 12.9. The Morgan fingerprint density at radius 1 is 1.19 bits per heavy atom. The smallest absolute Gasteiger partial charge is 0.126 e. The number of ether oxygens (including phenoxy) is 1. The van der Waals surface area contributed by atoms with Crippen molar-refractivity contribution >= 4 is 0 Å². The Bertz CT molecular complexity index is 439. The molecule has 21 heavy (non-hydrogen) atoms. The first-order valence-corrected chi connectivity index (χ1v) is 7.49. The summed E-state index contributed by atoms with van der Waals surface area (Å²) in [6, 6.07) is 3.65. The zero-order valence-electron chi connectivity index (χ0n) is 12.9. The molecule has 2 rings (SSSR count). The summed E-state index contributed by atoms with van der Waals surface area (Å²) in [7, 11) is 1.82. The molecule has 1 N–H and O–H groups in total. The molecule has 0 saturated carbocycles. The number of benzene rings is 1. The number of hydrogen-bond acceptors (Lipinski definition) is 3. The molecule has 118 valence electrons. The summed E-state index contributed by atoms with van der Waals surface area (Å²) in [5.41, 5.74) is 0.657. The lowest BCUT2D eigenvalue weighted by Crippen LogP contribution is -2.46. The summed E-state index contributed by atoms with van der Waals surface area (Å²) in [6.07, 6.45) is 1.26. The van der Waals surface area contributed by atoms with E-state index in [2.05, 4.69) is 24.1 Å². The largest absolute Gasteiger partial charge is 0.373 e. The van der Waals surface area contributed by atoms with Crippen molar-refractivity contribution in [3.63, 3.8) is 0 Å². The predicted molar refractivity (Wildman–Crippen MR) is 79.2 cm³/mol. The molecule has 3 nitrogen and oxygen atoms in total. The third-order valence-corrected chi connectivity index (χ3v) is 3.86. The van der Waals surface area contributed by atoms with Crippen molar-refractivity contribution < 1.29 is 13.5 Å². The van der Waals surface area contributed by atoms with Crippen LogP contribution in [0.3, 0.4) is 0 Å². The van der Waals surface area contributed by atoms with Crippen LogP contribution in [0, 0.1) is 11.6 Å². The van der Waals surface area contributed by atoms with Crippen molar-refractivity contribution in [2.75, 3.05) is 26.7 Å². The van der Waals surface area contributed by atoms with Crippen LogP contribution in [0.2, 0.25) is 0 Å². The average Bonchev–Trinajstić information content (AvgIpc) is 2.37. The molecule has 1 aromatic rings. The second kappa shape index (κ2) is 7.29. The van der Waals surface area contributed by atoms with Gasteiger partial charge in [0.1, 0.15) is 11.6 Å². The highest BCUT2D eigenvalue weighted by Crippen LogP contribution is 2.20. The lowest BCUT2D eigenvalue weighted by molar-refractivity contribution is -0.0685. The van der Waals surface area contributed by atoms with Gasteiger partial charge in [-0.25, -0.2) is 8.78 Å². The molecule has 3 atom stereocenters. The van der Waals surface area contributed by atoms with E-state index in [1.807, 2.05) is 7.05 Å². The molecule has 0 bridgehead atoms. The first-order chi connectivity index (χ1) is 9.97. The monoisotopic (exact) mass is 298 g/mol. The van der Waals surface area contributed by atoms with Crippen molar-refractivity contribution in [3.05, 3.63) is 35.4 Å². The number of nitrogens with zero attached hydrogens (tertiary/aromatic N) is 1. The maximum atomic E-state index is 13.3. The highest BCUT2D eigenvalue weighted by Gasteiger charge is 2.23. The summed E-state index contributed by atoms with van der Waals surface area (Å²) in [6.45, 7) is 6.82. The van der Waals surface area contributed by atoms with Crippen LogP contribution in [0.1, 0.15) is 31.9 Å². The van der Waals surface area contributed by atoms with E-state index in [0.29, 0.717) is 5.56 Å². The van der Waals surface area contributed by atoms with Gasteiger partial charge in [0.25, 0.3) is 0 Å². The summed E-state index contributed by atoms with van der Waals surface area (Å²) >= 11 is 0. The summed E-state index contributed by atoms with van der Waals surface area (Å²) < 4.78 is 32.4. The van der Waals surface area contributed by atoms with Gasteiger partial charge >= 0.3 is 0 Å². The number of rotatable bonds is 5. The molecular weight excluding hydrogens is 274 g/mol. The Morgan fingerprint density at radius 2 is 1.76 bits per heavy atom. The van der Waals surface area contributed by atoms with E-state index in [0.717, 1.165) is 32.1 Å². The molecule has 0 aliphatic carbocycles. The van der Waals surface area contributed by atoms with Crippen LogP contribution in [-0.2, 0) is 4.74 Å². The second-order valence-electron chi connectivity index (χ2n) is 5.85. The van der Waals surface area contributed by atoms with Crippen LogP contribution < -0.4 is 5.32 Å². The van der Waals surface area contributed by atoms with Gasteiger partial charge in [-0.2, -0.15) is 0 Å². The molecule has 1 aromatic carbocycles. The highest BCUT2D eigenvalue weighted by molar-refractivity contribution is 5.21. The number of hydrogen-bond donors (Lipinski definition) is 1. The van der Waals surface area contributed by atoms with E-state index in [1.165, 1.54) is 12.1 Å². The zero-order chi connectivity index (χ0) is 15.4. The third kappa shape index (κ3) is 4.73. The Morgan fingerprint density at radius 3 is 2.29 bits per heavy atom. The molecule has 1 aliphatic rings. The van der Waals surface area contributed by atoms with Crippen LogP contribution in [0.25, 0.3) is 0 Å². The SMILES string of the molecule is CNC(CCN1CC(C)OC(C)C1)c1cc(F)cc(F)c1. The van der Waals surface area contributed by atoms with Gasteiger partial charge in [0.2, 0.25) is 0 Å². The van der Waals surface area contributed by atoms with E-state index in [4.69, 9.17) is 4.74 Å². The number of halogens is 2. The Kier molecular flexibility index (Phi) is 5.67. The fourth-order valence-electron chi connectivity index (χ4n) is 3.03.